The Labute approximate surface area is 161 Å². The predicted octanol–water partition coefficient (Wildman–Crippen LogP) is 3.39. The van der Waals surface area contributed by atoms with Gasteiger partial charge in [-0.25, -0.2) is 9.78 Å². The van der Waals surface area contributed by atoms with Gasteiger partial charge in [0.1, 0.15) is 11.9 Å². The van der Waals surface area contributed by atoms with E-state index in [4.69, 9.17) is 9.26 Å². The van der Waals surface area contributed by atoms with Crippen LogP contribution in [0, 0.1) is 6.92 Å². The molecule has 0 saturated heterocycles. The van der Waals surface area contributed by atoms with E-state index in [1.54, 1.807) is 12.3 Å². The first-order chi connectivity index (χ1) is 12.9. The average molecular weight is 392 g/mol. The molecular formula is C18H24N4O4S. The Morgan fingerprint density at radius 1 is 1.41 bits per heavy atom. The van der Waals surface area contributed by atoms with Crippen LogP contribution in [0.1, 0.15) is 55.4 Å². The average Bonchev–Trinajstić information content (AvgIpc) is 3.28. The highest BCUT2D eigenvalue weighted by Crippen LogP contribution is 2.39. The van der Waals surface area contributed by atoms with Crippen LogP contribution in [0.4, 0.5) is 9.93 Å². The second kappa shape index (κ2) is 8.51. The molecule has 2 heterocycles. The maximum atomic E-state index is 12.1. The monoisotopic (exact) mass is 392 g/mol. The molecule has 2 atom stereocenters. The molecule has 0 aliphatic heterocycles. The fourth-order valence-electron chi connectivity index (χ4n) is 3.08. The third-order valence-electron chi connectivity index (χ3n) is 4.25. The lowest BCUT2D eigenvalue weighted by Crippen LogP contribution is -2.33. The Bertz CT molecular complexity index is 801. The molecule has 146 valence electrons. The molecule has 0 radical (unpaired) electrons. The summed E-state index contributed by atoms with van der Waals surface area (Å²) in [5, 5.41) is 9.87. The lowest BCUT2D eigenvalue weighted by atomic mass is 10.1. The molecule has 9 heteroatoms. The van der Waals surface area contributed by atoms with Crippen molar-refractivity contribution >= 4 is 28.5 Å². The summed E-state index contributed by atoms with van der Waals surface area (Å²) < 4.78 is 10.5. The molecular weight excluding hydrogens is 368 g/mol. The van der Waals surface area contributed by atoms with Gasteiger partial charge in [0, 0.05) is 23.2 Å². The Morgan fingerprint density at radius 3 is 2.93 bits per heavy atom. The van der Waals surface area contributed by atoms with Gasteiger partial charge >= 0.3 is 6.09 Å². The first kappa shape index (κ1) is 19.3. The summed E-state index contributed by atoms with van der Waals surface area (Å²) in [6, 6.07) is 1.80. The van der Waals surface area contributed by atoms with Gasteiger partial charge in [-0.2, -0.15) is 0 Å². The fourth-order valence-corrected chi connectivity index (χ4v) is 4.06. The van der Waals surface area contributed by atoms with Crippen LogP contribution in [-0.2, 0) is 16.0 Å². The standard InChI is InChI=1S/C18H24N4O4S/c1-10(2)20-18(24)25-13-5-4-12(7-13)15-9-19-17(27-15)21-16(23)8-14-6-11(3)22-26-14/h6,9-10,12-13H,4-5,7-8H2,1-3H3,(H,20,24)(H,19,21,23)/t12-,13+/m1/s1. The molecule has 0 unspecified atom stereocenters. The molecule has 2 N–H and O–H groups in total. The first-order valence-electron chi connectivity index (χ1n) is 9.04. The largest absolute Gasteiger partial charge is 0.446 e. The van der Waals surface area contributed by atoms with Crippen molar-refractivity contribution in [3.05, 3.63) is 28.6 Å². The molecule has 1 aliphatic carbocycles. The van der Waals surface area contributed by atoms with E-state index >= 15 is 0 Å². The quantitative estimate of drug-likeness (QED) is 0.780. The zero-order valence-electron chi connectivity index (χ0n) is 15.7. The zero-order chi connectivity index (χ0) is 19.4. The van der Waals surface area contributed by atoms with E-state index in [0.29, 0.717) is 16.8 Å². The molecule has 0 spiro atoms. The number of carbonyl (C=O) groups excluding carboxylic acids is 2. The maximum Gasteiger partial charge on any atom is 0.407 e. The Balaban J connectivity index is 1.49. The number of hydrogen-bond donors (Lipinski definition) is 2. The number of hydrogen-bond acceptors (Lipinski definition) is 7. The van der Waals surface area contributed by atoms with Gasteiger partial charge in [0.15, 0.2) is 5.13 Å². The molecule has 0 bridgehead atoms. The van der Waals surface area contributed by atoms with Crippen LogP contribution in [0.5, 0.6) is 0 Å². The van der Waals surface area contributed by atoms with Gasteiger partial charge in [-0.3, -0.25) is 4.79 Å². The summed E-state index contributed by atoms with van der Waals surface area (Å²) in [6.45, 7) is 5.61. The van der Waals surface area contributed by atoms with E-state index < -0.39 is 0 Å². The number of aryl methyl sites for hydroxylation is 1. The van der Waals surface area contributed by atoms with Crippen molar-refractivity contribution in [1.29, 1.82) is 0 Å². The van der Waals surface area contributed by atoms with Gasteiger partial charge in [-0.15, -0.1) is 11.3 Å². The number of thiazole rings is 1. The van der Waals surface area contributed by atoms with Crippen LogP contribution in [-0.4, -0.2) is 34.3 Å². The van der Waals surface area contributed by atoms with Crippen LogP contribution < -0.4 is 10.6 Å². The predicted molar refractivity (Wildman–Crippen MR) is 101 cm³/mol. The van der Waals surface area contributed by atoms with Crippen molar-refractivity contribution in [2.75, 3.05) is 5.32 Å². The number of carbonyl (C=O) groups is 2. The summed E-state index contributed by atoms with van der Waals surface area (Å²) >= 11 is 1.46. The number of ether oxygens (including phenoxy) is 1. The van der Waals surface area contributed by atoms with Gasteiger partial charge in [0.2, 0.25) is 5.91 Å². The second-order valence-electron chi connectivity index (χ2n) is 7.06. The minimum atomic E-state index is -0.365. The molecule has 1 aliphatic rings. The second-order valence-corrected chi connectivity index (χ2v) is 8.13. The molecule has 1 fully saturated rings. The molecule has 1 saturated carbocycles. The number of rotatable bonds is 6. The van der Waals surface area contributed by atoms with Gasteiger partial charge < -0.3 is 19.9 Å². The minimum Gasteiger partial charge on any atom is -0.446 e. The lowest BCUT2D eigenvalue weighted by molar-refractivity contribution is -0.115. The topological polar surface area (TPSA) is 106 Å². The Kier molecular flexibility index (Phi) is 6.10. The molecule has 0 aromatic carbocycles. The Hall–Kier alpha value is -2.42. The molecule has 2 aromatic heterocycles. The van der Waals surface area contributed by atoms with Crippen LogP contribution in [0.25, 0.3) is 0 Å². The number of anilines is 1. The summed E-state index contributed by atoms with van der Waals surface area (Å²) in [7, 11) is 0. The molecule has 2 aromatic rings. The maximum absolute atomic E-state index is 12.1. The normalized spacial score (nSPS) is 19.3. The van der Waals surface area contributed by atoms with Crippen molar-refractivity contribution in [3.8, 4) is 0 Å². The van der Waals surface area contributed by atoms with Crippen LogP contribution in [0.3, 0.4) is 0 Å². The van der Waals surface area contributed by atoms with Gasteiger partial charge in [-0.1, -0.05) is 5.16 Å². The zero-order valence-corrected chi connectivity index (χ0v) is 16.5. The summed E-state index contributed by atoms with van der Waals surface area (Å²) in [5.41, 5.74) is 0.745. The molecule has 8 nitrogen and oxygen atoms in total. The third kappa shape index (κ3) is 5.53. The first-order valence-corrected chi connectivity index (χ1v) is 9.85. The van der Waals surface area contributed by atoms with Crippen LogP contribution >= 0.6 is 11.3 Å². The highest BCUT2D eigenvalue weighted by atomic mass is 32.1. The minimum absolute atomic E-state index is 0.0586. The summed E-state index contributed by atoms with van der Waals surface area (Å²) in [6.07, 6.45) is 4.02. The number of amides is 2. The number of aromatic nitrogens is 2. The van der Waals surface area contributed by atoms with Crippen molar-refractivity contribution < 1.29 is 18.8 Å². The van der Waals surface area contributed by atoms with E-state index in [2.05, 4.69) is 20.8 Å². The van der Waals surface area contributed by atoms with E-state index in [1.165, 1.54) is 11.3 Å². The number of nitrogens with zero attached hydrogens (tertiary/aromatic N) is 2. The van der Waals surface area contributed by atoms with Crippen molar-refractivity contribution in [2.45, 2.75) is 64.5 Å². The third-order valence-corrected chi connectivity index (χ3v) is 5.32. The molecule has 27 heavy (non-hydrogen) atoms. The lowest BCUT2D eigenvalue weighted by Gasteiger charge is -2.14. The van der Waals surface area contributed by atoms with E-state index in [0.717, 1.165) is 29.8 Å². The Morgan fingerprint density at radius 2 is 2.22 bits per heavy atom. The van der Waals surface area contributed by atoms with Crippen molar-refractivity contribution in [3.63, 3.8) is 0 Å². The van der Waals surface area contributed by atoms with Gasteiger partial charge in [0.25, 0.3) is 0 Å². The van der Waals surface area contributed by atoms with Crippen LogP contribution in [0.15, 0.2) is 16.8 Å². The van der Waals surface area contributed by atoms with Crippen LogP contribution in [0.2, 0.25) is 0 Å². The molecule has 3 rings (SSSR count). The fraction of sp³-hybridized carbons (Fsp3) is 0.556. The summed E-state index contributed by atoms with van der Waals surface area (Å²) in [5.74, 6) is 0.629. The van der Waals surface area contributed by atoms with E-state index in [-0.39, 0.29) is 30.6 Å². The molecule has 2 amide bonds. The van der Waals surface area contributed by atoms with E-state index in [1.807, 2.05) is 20.8 Å². The van der Waals surface area contributed by atoms with Crippen molar-refractivity contribution in [2.24, 2.45) is 0 Å². The van der Waals surface area contributed by atoms with E-state index in [9.17, 15) is 9.59 Å². The highest BCUT2D eigenvalue weighted by Gasteiger charge is 2.30. The van der Waals surface area contributed by atoms with Gasteiger partial charge in [0.05, 0.1) is 12.1 Å². The van der Waals surface area contributed by atoms with Crippen molar-refractivity contribution in [1.82, 2.24) is 15.5 Å². The number of alkyl carbamates (subject to hydrolysis) is 1. The number of nitrogens with one attached hydrogen (secondary N) is 2. The SMILES string of the molecule is Cc1cc(CC(=O)Nc2ncc([C@@H]3CC[C@H](OC(=O)NC(C)C)C3)s2)on1. The smallest absolute Gasteiger partial charge is 0.407 e. The summed E-state index contributed by atoms with van der Waals surface area (Å²) in [4.78, 5) is 29.2. The highest BCUT2D eigenvalue weighted by molar-refractivity contribution is 7.15. The van der Waals surface area contributed by atoms with Gasteiger partial charge in [-0.05, 0) is 46.0 Å².